The monoisotopic (exact) mass is 2040 g/mol. The number of ether oxygens (including phenoxy) is 18. The van der Waals surface area contributed by atoms with Gasteiger partial charge in [-0.05, 0) is 212 Å². The summed E-state index contributed by atoms with van der Waals surface area (Å²) >= 11 is 3.13. The van der Waals surface area contributed by atoms with Crippen LogP contribution >= 0.6 is 15.9 Å². The van der Waals surface area contributed by atoms with Crippen LogP contribution in [0.4, 0.5) is 0 Å². The average Bonchev–Trinajstić information content (AvgIpc) is 1.78. The van der Waals surface area contributed by atoms with Gasteiger partial charge in [-0.1, -0.05) is 263 Å². The molecule has 4 fully saturated rings. The molecule has 4 saturated heterocycles. The first-order valence-electron chi connectivity index (χ1n) is 49.7. The molecular formula is C123H142BrNaO20. The van der Waals surface area contributed by atoms with E-state index < -0.39 is 12.2 Å². The predicted molar refractivity (Wildman–Crippen MR) is 572 cm³/mol. The second-order valence-electron chi connectivity index (χ2n) is 39.8. The van der Waals surface area contributed by atoms with E-state index in [9.17, 15) is 10.2 Å². The number of aliphatic hydroxyl groups is 2. The first kappa shape index (κ1) is 111. The summed E-state index contributed by atoms with van der Waals surface area (Å²) in [5, 5.41) is 22.3. The number of hydrogen-bond acceptors (Lipinski definition) is 20. The predicted octanol–water partition coefficient (Wildman–Crippen LogP) is 20.8. The molecule has 8 unspecified atom stereocenters. The number of benzene rings is 12. The summed E-state index contributed by atoms with van der Waals surface area (Å²) in [6.45, 7) is 45.5. The largest absolute Gasteiger partial charge is 1.00 e. The van der Waals surface area contributed by atoms with Crippen molar-refractivity contribution in [1.82, 2.24) is 0 Å². The van der Waals surface area contributed by atoms with Gasteiger partial charge in [-0.2, -0.15) is 0 Å². The third kappa shape index (κ3) is 33.1. The minimum Gasteiger partial charge on any atom is -1.00 e. The van der Waals surface area contributed by atoms with Crippen LogP contribution in [0.25, 0.3) is 0 Å². The van der Waals surface area contributed by atoms with Crippen molar-refractivity contribution < 1.29 is 126 Å². The first-order chi connectivity index (χ1) is 69.4. The summed E-state index contributed by atoms with van der Waals surface area (Å²) < 4.78 is 105. The fourth-order valence-electron chi connectivity index (χ4n) is 16.3. The maximum Gasteiger partial charge on any atom is 1.00 e. The molecule has 0 aliphatic carbocycles. The molecule has 4 aliphatic heterocycles. The number of rotatable bonds is 55. The second kappa shape index (κ2) is 52.8. The molecule has 0 radical (unpaired) electrons. The summed E-state index contributed by atoms with van der Waals surface area (Å²) in [6.07, 6.45) is 3.93. The standard InChI is InChI=1S/C63H72O10.C57H64O10.C3H5Br.Na.H/c1-9-35-64-57(39-68-53-27-15-47(16-28-53)62(5,6)49-19-31-55(32-20-49)70-41-59-43-72-59)37-66-51-23-11-45(12-24-51)61(3,4)46-13-25-52(26-14-46)67-38-58(65-36-10-2)40-69-54-29-17-48(18-30-54)63(7,8)50-21-33-56(34-22-50)71-42-60-44-73-60;1-55(2,39-7-19-47(20-8-39)60-31-45(58)33-62-49-23-11-41(12-24-49)56(3,4)43-15-27-51(28-16-43)64-35-53-37-66-53)40-9-21-48(22-10-40)61-32-46(59)34-63-50-25-13-42(14-26-50)57(5,6)44-17-29-52(30-18-44)65-36-54-38-67-54;1-2-3-4;;/h9-34,57-60H,1-2,35-44H2,3-8H3;7-30,45-46,53-54,58-59H,31-38H2,1-6H3;2H,1,3H2;;/q;;;+1;-1. The minimum atomic E-state index is -0.811. The van der Waals surface area contributed by atoms with E-state index in [0.29, 0.717) is 89.1 Å². The van der Waals surface area contributed by atoms with Gasteiger partial charge in [-0.3, -0.25) is 0 Å². The summed E-state index contributed by atoms with van der Waals surface area (Å²) in [6, 6.07) is 98.0. The Morgan fingerprint density at radius 1 is 0.248 bits per heavy atom. The van der Waals surface area contributed by atoms with E-state index in [1.807, 2.05) is 170 Å². The van der Waals surface area contributed by atoms with Crippen LogP contribution in [0.1, 0.15) is 151 Å². The number of aliphatic hydroxyl groups excluding tert-OH is 2. The van der Waals surface area contributed by atoms with Crippen LogP contribution in [0.2, 0.25) is 0 Å². The van der Waals surface area contributed by atoms with E-state index in [1.54, 1.807) is 18.2 Å². The number of allylic oxidation sites excluding steroid dienone is 1. The quantitative estimate of drug-likeness (QED) is 0.0157. The Labute approximate surface area is 889 Å². The van der Waals surface area contributed by atoms with Crippen molar-refractivity contribution in [1.29, 1.82) is 0 Å². The molecule has 22 heteroatoms. The number of epoxide rings is 4. The molecule has 0 aromatic heterocycles. The zero-order chi connectivity index (χ0) is 102. The fourth-order valence-corrected chi connectivity index (χ4v) is 16.3. The average molecular weight is 2040 g/mol. The third-order valence-electron chi connectivity index (χ3n) is 26.8. The Kier molecular flexibility index (Phi) is 40.3. The van der Waals surface area contributed by atoms with Gasteiger partial charge in [0.1, 0.15) is 197 Å². The molecular weight excluding hydrogens is 1900 g/mol. The molecule has 0 saturated carbocycles. The van der Waals surface area contributed by atoms with E-state index >= 15 is 0 Å². The molecule has 8 atom stereocenters. The van der Waals surface area contributed by atoms with Crippen molar-refractivity contribution >= 4 is 15.9 Å². The number of alkyl halides is 1. The zero-order valence-electron chi connectivity index (χ0n) is 87.2. The topological polar surface area (TPSA) is 220 Å². The zero-order valence-corrected chi connectivity index (χ0v) is 89.8. The molecule has 12 aromatic rings. The van der Waals surface area contributed by atoms with Gasteiger partial charge in [0, 0.05) is 37.8 Å². The molecule has 16 rings (SSSR count). The Hall–Kier alpha value is -11.4. The van der Waals surface area contributed by atoms with Gasteiger partial charge in [-0.15, -0.1) is 19.7 Å². The molecule has 2 N–H and O–H groups in total. The Morgan fingerprint density at radius 2 is 0.372 bits per heavy atom. The van der Waals surface area contributed by atoms with E-state index in [-0.39, 0.29) is 127 Å². The van der Waals surface area contributed by atoms with E-state index in [2.05, 4.69) is 240 Å². The minimum absolute atomic E-state index is 0. The van der Waals surface area contributed by atoms with Gasteiger partial charge in [0.05, 0.1) is 39.6 Å². The van der Waals surface area contributed by atoms with Crippen LogP contribution in [0.5, 0.6) is 69.0 Å². The molecule has 4 aliphatic rings. The number of hydrogen-bond donors (Lipinski definition) is 2. The fraction of sp³-hybridized carbons (Fsp3) is 0.366. The Morgan fingerprint density at radius 3 is 0.490 bits per heavy atom. The Bertz CT molecular complexity index is 5560. The molecule has 12 aromatic carbocycles. The molecule has 0 bridgehead atoms. The van der Waals surface area contributed by atoms with Crippen LogP contribution in [-0.4, -0.2) is 183 Å². The molecule has 0 spiro atoms. The molecule has 4 heterocycles. The van der Waals surface area contributed by atoms with Crippen LogP contribution in [0.3, 0.4) is 0 Å². The summed E-state index contributed by atoms with van der Waals surface area (Å²) in [4.78, 5) is 0. The van der Waals surface area contributed by atoms with E-state index in [1.165, 1.54) is 33.4 Å². The third-order valence-corrected chi connectivity index (χ3v) is 27.2. The first-order valence-corrected chi connectivity index (χ1v) is 50.8. The van der Waals surface area contributed by atoms with Crippen molar-refractivity contribution in [2.75, 3.05) is 124 Å². The molecule has 762 valence electrons. The number of halogens is 1. The van der Waals surface area contributed by atoms with Crippen molar-refractivity contribution in [2.24, 2.45) is 0 Å². The SMILES string of the molecule is C=CCBr.C=CCOC(COc1ccc(C(C)(C)c2ccc(OCC(COc3ccc(C(C)(C)c4ccc(OCC5CO5)cc4)cc3)OCC=C)cc2)cc1)COc1ccc(C(C)(C)c2ccc(OCC3CO3)cc2)cc1.CC(C)(c1ccc(OCC(O)COc2ccc(C(C)(C)c3ccc(OCC4CO4)cc3)cc2)cc1)c1ccc(OCC(O)COc2ccc(C(C)(C)c3ccc(OCC4CO4)cc3)cc2)cc1.[H-].[Na+]. The van der Waals surface area contributed by atoms with E-state index in [0.717, 1.165) is 111 Å². The van der Waals surface area contributed by atoms with Crippen LogP contribution < -0.4 is 86.4 Å². The summed E-state index contributed by atoms with van der Waals surface area (Å²) in [5.74, 6) is 9.11. The Balaban J connectivity index is 0.000000248. The molecule has 0 amide bonds. The maximum absolute atomic E-state index is 10.7. The van der Waals surface area contributed by atoms with Crippen LogP contribution in [0, 0.1) is 0 Å². The normalized spacial score (nSPS) is 16.0. The van der Waals surface area contributed by atoms with Gasteiger partial charge >= 0.3 is 29.6 Å². The van der Waals surface area contributed by atoms with Crippen molar-refractivity contribution in [2.45, 2.75) is 164 Å². The van der Waals surface area contributed by atoms with Crippen molar-refractivity contribution in [3.8, 4) is 69.0 Å². The van der Waals surface area contributed by atoms with Crippen LogP contribution in [0.15, 0.2) is 329 Å². The van der Waals surface area contributed by atoms with Crippen LogP contribution in [-0.2, 0) is 60.9 Å². The maximum atomic E-state index is 10.7. The van der Waals surface area contributed by atoms with Gasteiger partial charge in [0.15, 0.2) is 0 Å². The van der Waals surface area contributed by atoms with E-state index in [4.69, 9.17) is 85.3 Å². The second-order valence-corrected chi connectivity index (χ2v) is 40.5. The van der Waals surface area contributed by atoms with Gasteiger partial charge in [-0.25, -0.2) is 0 Å². The van der Waals surface area contributed by atoms with Crippen molar-refractivity contribution in [3.05, 3.63) is 396 Å². The summed E-state index contributed by atoms with van der Waals surface area (Å²) in [7, 11) is 0. The smallest absolute Gasteiger partial charge is 1.00 e. The van der Waals surface area contributed by atoms with Gasteiger partial charge in [0.25, 0.3) is 0 Å². The molecule has 20 nitrogen and oxygen atoms in total. The van der Waals surface area contributed by atoms with Crippen molar-refractivity contribution in [3.63, 3.8) is 0 Å². The molecule has 145 heavy (non-hydrogen) atoms. The van der Waals surface area contributed by atoms with Gasteiger partial charge < -0.3 is 96.9 Å². The van der Waals surface area contributed by atoms with Gasteiger partial charge in [0.2, 0.25) is 0 Å². The summed E-state index contributed by atoms with van der Waals surface area (Å²) in [5.41, 5.74) is 12.5.